The third kappa shape index (κ3) is 4.23. The summed E-state index contributed by atoms with van der Waals surface area (Å²) in [5.41, 5.74) is 2.79. The summed E-state index contributed by atoms with van der Waals surface area (Å²) in [4.78, 5) is 28.3. The number of carbonyl (C=O) groups is 1. The van der Waals surface area contributed by atoms with E-state index in [2.05, 4.69) is 10.1 Å². The van der Waals surface area contributed by atoms with E-state index in [0.717, 1.165) is 17.0 Å². The van der Waals surface area contributed by atoms with Crippen molar-refractivity contribution in [2.75, 3.05) is 0 Å². The molecule has 26 heavy (non-hydrogen) atoms. The number of ether oxygens (including phenoxy) is 1. The SMILES string of the molecule is CCCn1nc(C(=O)OCc2csc(-c3ccc(C)cc3)n2)ccc1=O. The van der Waals surface area contributed by atoms with Crippen molar-refractivity contribution in [2.24, 2.45) is 0 Å². The molecule has 134 valence electrons. The first kappa shape index (κ1) is 18.0. The van der Waals surface area contributed by atoms with Gasteiger partial charge in [-0.1, -0.05) is 36.8 Å². The molecular formula is C19H19N3O3S. The van der Waals surface area contributed by atoms with E-state index >= 15 is 0 Å². The maximum Gasteiger partial charge on any atom is 0.359 e. The molecule has 1 aromatic carbocycles. The van der Waals surface area contributed by atoms with E-state index < -0.39 is 5.97 Å². The molecule has 0 saturated heterocycles. The highest BCUT2D eigenvalue weighted by atomic mass is 32.1. The summed E-state index contributed by atoms with van der Waals surface area (Å²) in [6, 6.07) is 10.8. The Kier molecular flexibility index (Phi) is 5.58. The number of carbonyl (C=O) groups excluding carboxylic acids is 1. The molecule has 0 bridgehead atoms. The fourth-order valence-corrected chi connectivity index (χ4v) is 3.16. The summed E-state index contributed by atoms with van der Waals surface area (Å²) < 4.78 is 6.56. The molecule has 7 heteroatoms. The van der Waals surface area contributed by atoms with Crippen LogP contribution in [-0.4, -0.2) is 20.7 Å². The van der Waals surface area contributed by atoms with Gasteiger partial charge >= 0.3 is 5.97 Å². The molecule has 2 heterocycles. The smallest absolute Gasteiger partial charge is 0.359 e. The molecule has 0 amide bonds. The van der Waals surface area contributed by atoms with Gasteiger partial charge in [0.1, 0.15) is 11.6 Å². The molecule has 0 N–H and O–H groups in total. The second-order valence-corrected chi connectivity index (χ2v) is 6.72. The number of hydrogen-bond acceptors (Lipinski definition) is 6. The van der Waals surface area contributed by atoms with Gasteiger partial charge in [-0.05, 0) is 19.4 Å². The first-order valence-electron chi connectivity index (χ1n) is 8.33. The second-order valence-electron chi connectivity index (χ2n) is 5.87. The highest BCUT2D eigenvalue weighted by Gasteiger charge is 2.13. The standard InChI is InChI=1S/C19H19N3O3S/c1-3-10-22-17(23)9-8-16(21-22)19(24)25-11-15-12-26-18(20-15)14-6-4-13(2)5-7-14/h4-9,12H,3,10-11H2,1-2H3. The topological polar surface area (TPSA) is 74.1 Å². The molecule has 6 nitrogen and oxygen atoms in total. The molecule has 0 unspecified atom stereocenters. The molecule has 0 aliphatic carbocycles. The van der Waals surface area contributed by atoms with Crippen molar-refractivity contribution in [3.63, 3.8) is 0 Å². The Morgan fingerprint density at radius 2 is 1.96 bits per heavy atom. The number of aryl methyl sites for hydroxylation is 2. The zero-order valence-electron chi connectivity index (χ0n) is 14.6. The Balaban J connectivity index is 1.66. The van der Waals surface area contributed by atoms with Gasteiger partial charge in [0, 0.05) is 23.6 Å². The first-order valence-corrected chi connectivity index (χ1v) is 9.21. The lowest BCUT2D eigenvalue weighted by molar-refractivity contribution is 0.0458. The maximum atomic E-state index is 12.2. The van der Waals surface area contributed by atoms with Gasteiger partial charge in [0.15, 0.2) is 5.69 Å². The lowest BCUT2D eigenvalue weighted by Crippen LogP contribution is -2.24. The van der Waals surface area contributed by atoms with Gasteiger partial charge in [-0.25, -0.2) is 14.5 Å². The molecular weight excluding hydrogens is 350 g/mol. The molecule has 2 aromatic heterocycles. The van der Waals surface area contributed by atoms with Crippen LogP contribution in [0.3, 0.4) is 0 Å². The van der Waals surface area contributed by atoms with Crippen LogP contribution < -0.4 is 5.56 Å². The number of thiazole rings is 1. The summed E-state index contributed by atoms with van der Waals surface area (Å²) in [5, 5.41) is 6.80. The average Bonchev–Trinajstić information content (AvgIpc) is 3.11. The van der Waals surface area contributed by atoms with E-state index in [1.54, 1.807) is 0 Å². The summed E-state index contributed by atoms with van der Waals surface area (Å²) in [6.45, 7) is 4.50. The van der Waals surface area contributed by atoms with Crippen molar-refractivity contribution < 1.29 is 9.53 Å². The average molecular weight is 369 g/mol. The second kappa shape index (κ2) is 8.05. The van der Waals surface area contributed by atoms with Crippen LogP contribution >= 0.6 is 11.3 Å². The number of aromatic nitrogens is 3. The molecule has 0 saturated carbocycles. The van der Waals surface area contributed by atoms with Gasteiger partial charge < -0.3 is 4.74 Å². The summed E-state index contributed by atoms with van der Waals surface area (Å²) in [6.07, 6.45) is 0.756. The van der Waals surface area contributed by atoms with E-state index in [1.807, 2.05) is 43.5 Å². The predicted octanol–water partition coefficient (Wildman–Crippen LogP) is 3.44. The minimum Gasteiger partial charge on any atom is -0.454 e. The van der Waals surface area contributed by atoms with Gasteiger partial charge in [0.05, 0.1) is 5.69 Å². The fraction of sp³-hybridized carbons (Fsp3) is 0.263. The van der Waals surface area contributed by atoms with Crippen molar-refractivity contribution in [1.29, 1.82) is 0 Å². The van der Waals surface area contributed by atoms with Crippen LogP contribution in [0.2, 0.25) is 0 Å². The molecule has 0 fully saturated rings. The van der Waals surface area contributed by atoms with Crippen molar-refractivity contribution in [3.05, 3.63) is 69.1 Å². The van der Waals surface area contributed by atoms with Crippen LogP contribution in [0, 0.1) is 6.92 Å². The van der Waals surface area contributed by atoms with Crippen LogP contribution in [-0.2, 0) is 17.9 Å². The van der Waals surface area contributed by atoms with Gasteiger partial charge in [0.25, 0.3) is 5.56 Å². The van der Waals surface area contributed by atoms with E-state index in [-0.39, 0.29) is 17.9 Å². The Hall–Kier alpha value is -2.80. The van der Waals surface area contributed by atoms with E-state index in [4.69, 9.17) is 4.74 Å². The van der Waals surface area contributed by atoms with Crippen LogP contribution in [0.4, 0.5) is 0 Å². The van der Waals surface area contributed by atoms with E-state index in [9.17, 15) is 9.59 Å². The highest BCUT2D eigenvalue weighted by Crippen LogP contribution is 2.24. The number of esters is 1. The number of benzene rings is 1. The van der Waals surface area contributed by atoms with Crippen LogP contribution in [0.25, 0.3) is 10.6 Å². The minimum absolute atomic E-state index is 0.0653. The monoisotopic (exact) mass is 369 g/mol. The zero-order valence-corrected chi connectivity index (χ0v) is 15.5. The molecule has 0 atom stereocenters. The van der Waals surface area contributed by atoms with Crippen molar-refractivity contribution in [2.45, 2.75) is 33.4 Å². The molecule has 0 radical (unpaired) electrons. The highest BCUT2D eigenvalue weighted by molar-refractivity contribution is 7.13. The Labute approximate surface area is 155 Å². The third-order valence-electron chi connectivity index (χ3n) is 3.71. The molecule has 0 aliphatic rings. The lowest BCUT2D eigenvalue weighted by atomic mass is 10.2. The molecule has 0 spiro atoms. The van der Waals surface area contributed by atoms with E-state index in [0.29, 0.717) is 12.2 Å². The molecule has 3 rings (SSSR count). The Morgan fingerprint density at radius 3 is 2.69 bits per heavy atom. The molecule has 0 aliphatic heterocycles. The van der Waals surface area contributed by atoms with Gasteiger partial charge in [-0.3, -0.25) is 4.79 Å². The largest absolute Gasteiger partial charge is 0.454 e. The van der Waals surface area contributed by atoms with Gasteiger partial charge in [0.2, 0.25) is 0 Å². The van der Waals surface area contributed by atoms with Crippen LogP contribution in [0.5, 0.6) is 0 Å². The normalized spacial score (nSPS) is 10.7. The van der Waals surface area contributed by atoms with Gasteiger partial charge in [-0.15, -0.1) is 11.3 Å². The number of rotatable bonds is 6. The minimum atomic E-state index is -0.570. The van der Waals surface area contributed by atoms with Crippen molar-refractivity contribution >= 4 is 17.3 Å². The van der Waals surface area contributed by atoms with Gasteiger partial charge in [-0.2, -0.15) is 5.10 Å². The van der Waals surface area contributed by atoms with E-state index in [1.165, 1.54) is 33.7 Å². The zero-order chi connectivity index (χ0) is 18.5. The maximum absolute atomic E-state index is 12.2. The quantitative estimate of drug-likeness (QED) is 0.622. The summed E-state index contributed by atoms with van der Waals surface area (Å²) in [7, 11) is 0. The summed E-state index contributed by atoms with van der Waals surface area (Å²) in [5.74, 6) is -0.570. The summed E-state index contributed by atoms with van der Waals surface area (Å²) >= 11 is 1.50. The fourth-order valence-electron chi connectivity index (χ4n) is 2.35. The Morgan fingerprint density at radius 1 is 1.19 bits per heavy atom. The van der Waals surface area contributed by atoms with Crippen LogP contribution in [0.1, 0.15) is 35.1 Å². The van der Waals surface area contributed by atoms with Crippen molar-refractivity contribution in [1.82, 2.24) is 14.8 Å². The van der Waals surface area contributed by atoms with Crippen LogP contribution in [0.15, 0.2) is 46.6 Å². The molecule has 3 aromatic rings. The third-order valence-corrected chi connectivity index (χ3v) is 4.65. The Bertz CT molecular complexity index is 961. The lowest BCUT2D eigenvalue weighted by Gasteiger charge is -2.05. The van der Waals surface area contributed by atoms with Crippen molar-refractivity contribution in [3.8, 4) is 10.6 Å². The first-order chi connectivity index (χ1) is 12.6. The number of hydrogen-bond donors (Lipinski definition) is 0. The predicted molar refractivity (Wildman–Crippen MR) is 100 cm³/mol. The number of nitrogens with zero attached hydrogens (tertiary/aromatic N) is 3.